The molecular formula is C17H24N2O4. The van der Waals surface area contributed by atoms with Crippen molar-refractivity contribution in [1.29, 1.82) is 0 Å². The monoisotopic (exact) mass is 320 g/mol. The number of carbonyl (C=O) groups is 4. The molecule has 1 aromatic carbocycles. The largest absolute Gasteiger partial charge is 0.357 e. The molecule has 0 aromatic heterocycles. The highest BCUT2D eigenvalue weighted by atomic mass is 16.2. The molecule has 1 unspecified atom stereocenters. The van der Waals surface area contributed by atoms with Gasteiger partial charge in [0.25, 0.3) is 5.91 Å². The minimum Gasteiger partial charge on any atom is -0.357 e. The summed E-state index contributed by atoms with van der Waals surface area (Å²) in [6.45, 7) is 5.75. The lowest BCUT2D eigenvalue weighted by molar-refractivity contribution is -0.131. The van der Waals surface area contributed by atoms with E-state index in [2.05, 4.69) is 5.32 Å². The number of aryl methyl sites for hydroxylation is 1. The quantitative estimate of drug-likeness (QED) is 0.775. The topological polar surface area (TPSA) is 83.6 Å². The third-order valence-corrected chi connectivity index (χ3v) is 3.17. The molecule has 126 valence electrons. The number of aldehydes is 1. The van der Waals surface area contributed by atoms with Crippen molar-refractivity contribution in [2.45, 2.75) is 39.7 Å². The molecule has 0 aliphatic heterocycles. The fourth-order valence-corrected chi connectivity index (χ4v) is 2.00. The van der Waals surface area contributed by atoms with Crippen molar-refractivity contribution in [3.05, 3.63) is 35.4 Å². The van der Waals surface area contributed by atoms with Crippen molar-refractivity contribution in [1.82, 2.24) is 10.2 Å². The first-order valence-corrected chi connectivity index (χ1v) is 7.55. The Balaban J connectivity index is 0.00000232. The molecule has 1 atom stereocenters. The fourth-order valence-electron chi connectivity index (χ4n) is 2.00. The second kappa shape index (κ2) is 11.1. The molecule has 0 spiro atoms. The second-order valence-corrected chi connectivity index (χ2v) is 4.51. The van der Waals surface area contributed by atoms with E-state index in [9.17, 15) is 19.2 Å². The molecule has 3 amide bonds. The Morgan fingerprint density at radius 1 is 1.22 bits per heavy atom. The summed E-state index contributed by atoms with van der Waals surface area (Å²) >= 11 is 0. The average molecular weight is 320 g/mol. The maximum Gasteiger partial charge on any atom is 0.261 e. The van der Waals surface area contributed by atoms with Crippen LogP contribution in [0.2, 0.25) is 0 Å². The van der Waals surface area contributed by atoms with Crippen LogP contribution in [0.15, 0.2) is 24.3 Å². The van der Waals surface area contributed by atoms with Crippen LogP contribution in [0.25, 0.3) is 0 Å². The molecule has 6 nitrogen and oxygen atoms in total. The molecule has 0 radical (unpaired) electrons. The van der Waals surface area contributed by atoms with Gasteiger partial charge in [-0.3, -0.25) is 19.3 Å². The third kappa shape index (κ3) is 5.65. The minimum absolute atomic E-state index is 0.0868. The van der Waals surface area contributed by atoms with Gasteiger partial charge in [-0.25, -0.2) is 0 Å². The number of nitrogens with one attached hydrogen (secondary N) is 1. The number of benzene rings is 1. The van der Waals surface area contributed by atoms with Crippen LogP contribution < -0.4 is 5.32 Å². The average Bonchev–Trinajstić information content (AvgIpc) is 2.59. The van der Waals surface area contributed by atoms with Crippen LogP contribution >= 0.6 is 0 Å². The summed E-state index contributed by atoms with van der Waals surface area (Å²) in [7, 11) is 1.41. The molecule has 0 aliphatic carbocycles. The van der Waals surface area contributed by atoms with Crippen LogP contribution in [0, 0.1) is 6.92 Å². The molecule has 0 heterocycles. The molecule has 1 aromatic rings. The SMILES string of the molecule is CC.CNC(=O)C(CCC=O)N(C=O)C(=O)c1ccccc1C. The van der Waals surface area contributed by atoms with Gasteiger partial charge in [0, 0.05) is 19.0 Å². The van der Waals surface area contributed by atoms with Crippen LogP contribution in [-0.2, 0) is 14.4 Å². The summed E-state index contributed by atoms with van der Waals surface area (Å²) in [5.41, 5.74) is 1.06. The lowest BCUT2D eigenvalue weighted by Gasteiger charge is -2.25. The highest BCUT2D eigenvalue weighted by molar-refractivity contribution is 6.04. The maximum absolute atomic E-state index is 12.4. The Labute approximate surface area is 136 Å². The molecule has 0 saturated carbocycles. The van der Waals surface area contributed by atoms with Gasteiger partial charge in [0.2, 0.25) is 12.3 Å². The summed E-state index contributed by atoms with van der Waals surface area (Å²) in [4.78, 5) is 46.9. The van der Waals surface area contributed by atoms with E-state index in [1.54, 1.807) is 31.2 Å². The van der Waals surface area contributed by atoms with E-state index in [0.717, 1.165) is 4.90 Å². The van der Waals surface area contributed by atoms with E-state index in [4.69, 9.17) is 0 Å². The highest BCUT2D eigenvalue weighted by Crippen LogP contribution is 2.14. The zero-order valence-electron chi connectivity index (χ0n) is 14.0. The predicted molar refractivity (Wildman–Crippen MR) is 87.9 cm³/mol. The number of nitrogens with zero attached hydrogens (tertiary/aromatic N) is 1. The lowest BCUT2D eigenvalue weighted by atomic mass is 10.0. The molecule has 1 N–H and O–H groups in total. The first-order chi connectivity index (χ1) is 11.1. The Morgan fingerprint density at radius 3 is 2.30 bits per heavy atom. The van der Waals surface area contributed by atoms with E-state index in [1.165, 1.54) is 7.05 Å². The number of imide groups is 1. The van der Waals surface area contributed by atoms with Gasteiger partial charge in [-0.15, -0.1) is 0 Å². The summed E-state index contributed by atoms with van der Waals surface area (Å²) in [5.74, 6) is -1.03. The number of hydrogen-bond acceptors (Lipinski definition) is 4. The zero-order chi connectivity index (χ0) is 17.8. The summed E-state index contributed by atoms with van der Waals surface area (Å²) < 4.78 is 0. The van der Waals surface area contributed by atoms with Gasteiger partial charge in [0.1, 0.15) is 12.3 Å². The number of carbonyl (C=O) groups excluding carboxylic acids is 4. The van der Waals surface area contributed by atoms with Gasteiger partial charge in [-0.1, -0.05) is 32.0 Å². The van der Waals surface area contributed by atoms with E-state index in [-0.39, 0.29) is 12.8 Å². The minimum atomic E-state index is -0.996. The van der Waals surface area contributed by atoms with Crippen molar-refractivity contribution in [3.8, 4) is 0 Å². The number of amides is 3. The smallest absolute Gasteiger partial charge is 0.261 e. The van der Waals surface area contributed by atoms with Crippen LogP contribution in [0.5, 0.6) is 0 Å². The molecule has 0 aliphatic rings. The molecule has 0 bridgehead atoms. The third-order valence-electron chi connectivity index (χ3n) is 3.17. The fraction of sp³-hybridized carbons (Fsp3) is 0.412. The molecule has 1 rings (SSSR count). The highest BCUT2D eigenvalue weighted by Gasteiger charge is 2.29. The van der Waals surface area contributed by atoms with Crippen molar-refractivity contribution >= 4 is 24.5 Å². The Morgan fingerprint density at radius 2 is 1.83 bits per heavy atom. The van der Waals surface area contributed by atoms with Crippen molar-refractivity contribution in [2.75, 3.05) is 7.05 Å². The standard InChI is InChI=1S/C15H18N2O4.C2H6/c1-11-6-3-4-7-12(11)15(21)17(10-19)13(8-5-9-18)14(20)16-2;1-2/h3-4,6-7,9-10,13H,5,8H2,1-2H3,(H,16,20);1-2H3. The second-order valence-electron chi connectivity index (χ2n) is 4.51. The Bertz CT molecular complexity index is 543. The summed E-state index contributed by atoms with van der Waals surface area (Å²) in [6.07, 6.45) is 1.17. The normalized spacial score (nSPS) is 10.6. The first kappa shape index (κ1) is 20.5. The molecule has 23 heavy (non-hydrogen) atoms. The number of rotatable bonds is 7. The van der Waals surface area contributed by atoms with E-state index in [1.807, 2.05) is 13.8 Å². The van der Waals surface area contributed by atoms with E-state index < -0.39 is 17.9 Å². The maximum atomic E-state index is 12.4. The molecule has 0 fully saturated rings. The van der Waals surface area contributed by atoms with E-state index >= 15 is 0 Å². The van der Waals surface area contributed by atoms with Gasteiger partial charge < -0.3 is 10.1 Å². The van der Waals surface area contributed by atoms with Crippen molar-refractivity contribution in [2.24, 2.45) is 0 Å². The number of hydrogen-bond donors (Lipinski definition) is 1. The zero-order valence-corrected chi connectivity index (χ0v) is 14.0. The van der Waals surface area contributed by atoms with Crippen LogP contribution in [0.3, 0.4) is 0 Å². The van der Waals surface area contributed by atoms with Gasteiger partial charge in [0.05, 0.1) is 0 Å². The lowest BCUT2D eigenvalue weighted by Crippen LogP contribution is -2.48. The molecular weight excluding hydrogens is 296 g/mol. The van der Waals surface area contributed by atoms with Crippen LogP contribution in [0.1, 0.15) is 42.6 Å². The van der Waals surface area contributed by atoms with E-state index in [0.29, 0.717) is 23.8 Å². The van der Waals surface area contributed by atoms with Gasteiger partial charge in [0.15, 0.2) is 0 Å². The van der Waals surface area contributed by atoms with Crippen LogP contribution in [-0.4, -0.2) is 42.5 Å². The van der Waals surface area contributed by atoms with Gasteiger partial charge >= 0.3 is 0 Å². The summed E-state index contributed by atoms with van der Waals surface area (Å²) in [5, 5.41) is 2.40. The van der Waals surface area contributed by atoms with Crippen molar-refractivity contribution in [3.63, 3.8) is 0 Å². The van der Waals surface area contributed by atoms with Crippen molar-refractivity contribution < 1.29 is 19.2 Å². The molecule has 0 saturated heterocycles. The molecule has 6 heteroatoms. The number of likely N-dealkylation sites (N-methyl/N-ethyl adjacent to an activating group) is 1. The van der Waals surface area contributed by atoms with Gasteiger partial charge in [-0.05, 0) is 25.0 Å². The summed E-state index contributed by atoms with van der Waals surface area (Å²) in [6, 6.07) is 5.80. The first-order valence-electron chi connectivity index (χ1n) is 7.55. The Kier molecular flexibility index (Phi) is 9.91. The van der Waals surface area contributed by atoms with Gasteiger partial charge in [-0.2, -0.15) is 0 Å². The van der Waals surface area contributed by atoms with Crippen LogP contribution in [0.4, 0.5) is 0 Å². The predicted octanol–water partition coefficient (Wildman–Crippen LogP) is 1.71. The Hall–Kier alpha value is -2.50.